The van der Waals surface area contributed by atoms with Crippen molar-refractivity contribution in [2.24, 2.45) is 0 Å². The molecule has 1 aliphatic rings. The van der Waals surface area contributed by atoms with Crippen LogP contribution < -0.4 is 5.32 Å². The summed E-state index contributed by atoms with van der Waals surface area (Å²) in [6.07, 6.45) is 10.0. The molecular formula is C13H23N3O. The van der Waals surface area contributed by atoms with Gasteiger partial charge >= 0.3 is 0 Å². The van der Waals surface area contributed by atoms with Crippen LogP contribution in [0.5, 0.6) is 0 Å². The molecule has 17 heavy (non-hydrogen) atoms. The van der Waals surface area contributed by atoms with Gasteiger partial charge in [-0.3, -0.25) is 0 Å². The Bertz CT molecular complexity index is 316. The summed E-state index contributed by atoms with van der Waals surface area (Å²) in [6, 6.07) is 0. The maximum absolute atomic E-state index is 5.41. The molecule has 1 aromatic heterocycles. The quantitative estimate of drug-likeness (QED) is 0.874. The largest absolute Gasteiger partial charge is 0.339 e. The Labute approximate surface area is 103 Å². The molecule has 4 nitrogen and oxygen atoms in total. The Hall–Kier alpha value is -0.900. The molecule has 0 spiro atoms. The lowest BCUT2D eigenvalue weighted by atomic mass is 9.91. The first-order valence-electron chi connectivity index (χ1n) is 6.87. The zero-order valence-electron chi connectivity index (χ0n) is 10.7. The van der Waals surface area contributed by atoms with Gasteiger partial charge in [0.05, 0.1) is 0 Å². The van der Waals surface area contributed by atoms with Crippen molar-refractivity contribution in [1.82, 2.24) is 15.5 Å². The normalized spacial score (nSPS) is 18.9. The summed E-state index contributed by atoms with van der Waals surface area (Å²) >= 11 is 0. The van der Waals surface area contributed by atoms with Gasteiger partial charge in [-0.25, -0.2) is 0 Å². The molecule has 4 heteroatoms. The average molecular weight is 237 g/mol. The second kappa shape index (κ2) is 6.74. The first-order valence-corrected chi connectivity index (χ1v) is 6.87. The number of nitrogens with zero attached hydrogens (tertiary/aromatic N) is 2. The molecule has 1 N–H and O–H groups in total. The molecule has 0 saturated heterocycles. The molecule has 1 aliphatic carbocycles. The van der Waals surface area contributed by atoms with Crippen molar-refractivity contribution in [3.05, 3.63) is 11.7 Å². The van der Waals surface area contributed by atoms with E-state index >= 15 is 0 Å². The standard InChI is InChI=1S/C13H23N3O/c1-14-10-9-12-15-13(17-16-12)11-7-5-3-2-4-6-8-11/h11,14H,2-10H2,1H3. The molecule has 96 valence electrons. The van der Waals surface area contributed by atoms with Gasteiger partial charge in [0, 0.05) is 18.9 Å². The zero-order valence-corrected chi connectivity index (χ0v) is 10.7. The van der Waals surface area contributed by atoms with Gasteiger partial charge in [0.1, 0.15) is 0 Å². The smallest absolute Gasteiger partial charge is 0.229 e. The highest BCUT2D eigenvalue weighted by molar-refractivity contribution is 4.95. The first kappa shape index (κ1) is 12.6. The van der Waals surface area contributed by atoms with E-state index in [1.54, 1.807) is 0 Å². The van der Waals surface area contributed by atoms with E-state index in [2.05, 4.69) is 15.5 Å². The van der Waals surface area contributed by atoms with Crippen LogP contribution >= 0.6 is 0 Å². The van der Waals surface area contributed by atoms with Crippen molar-refractivity contribution in [3.63, 3.8) is 0 Å². The van der Waals surface area contributed by atoms with Crippen LogP contribution in [0.4, 0.5) is 0 Å². The lowest BCUT2D eigenvalue weighted by molar-refractivity contribution is 0.320. The summed E-state index contributed by atoms with van der Waals surface area (Å²) in [6.45, 7) is 0.906. The highest BCUT2D eigenvalue weighted by Gasteiger charge is 2.19. The van der Waals surface area contributed by atoms with E-state index in [4.69, 9.17) is 4.52 Å². The minimum Gasteiger partial charge on any atom is -0.339 e. The van der Waals surface area contributed by atoms with Gasteiger partial charge in [0.25, 0.3) is 0 Å². The fourth-order valence-electron chi connectivity index (χ4n) is 2.47. The molecule has 0 unspecified atom stereocenters. The summed E-state index contributed by atoms with van der Waals surface area (Å²) < 4.78 is 5.41. The van der Waals surface area contributed by atoms with Gasteiger partial charge in [-0.2, -0.15) is 4.98 Å². The van der Waals surface area contributed by atoms with E-state index < -0.39 is 0 Å². The van der Waals surface area contributed by atoms with Gasteiger partial charge in [0.15, 0.2) is 5.82 Å². The summed E-state index contributed by atoms with van der Waals surface area (Å²) in [7, 11) is 1.94. The SMILES string of the molecule is CNCCc1noc(C2CCCCCCC2)n1. The monoisotopic (exact) mass is 237 g/mol. The molecule has 1 fully saturated rings. The van der Waals surface area contributed by atoms with Crippen molar-refractivity contribution < 1.29 is 4.52 Å². The molecule has 0 amide bonds. The third-order valence-electron chi connectivity index (χ3n) is 3.54. The molecule has 2 rings (SSSR count). The highest BCUT2D eigenvalue weighted by atomic mass is 16.5. The lowest BCUT2D eigenvalue weighted by Crippen LogP contribution is -2.11. The number of hydrogen-bond acceptors (Lipinski definition) is 4. The second-order valence-corrected chi connectivity index (χ2v) is 4.94. The molecule has 1 aromatic rings. The summed E-state index contributed by atoms with van der Waals surface area (Å²) in [5.74, 6) is 2.22. The van der Waals surface area contributed by atoms with Crippen LogP contribution in [0.2, 0.25) is 0 Å². The lowest BCUT2D eigenvalue weighted by Gasteiger charge is -2.15. The number of nitrogens with one attached hydrogen (secondary N) is 1. The zero-order chi connectivity index (χ0) is 11.9. The van der Waals surface area contributed by atoms with E-state index in [9.17, 15) is 0 Å². The maximum Gasteiger partial charge on any atom is 0.229 e. The van der Waals surface area contributed by atoms with E-state index in [-0.39, 0.29) is 0 Å². The molecule has 0 atom stereocenters. The van der Waals surface area contributed by atoms with E-state index in [1.807, 2.05) is 7.05 Å². The van der Waals surface area contributed by atoms with Crippen molar-refractivity contribution in [1.29, 1.82) is 0 Å². The topological polar surface area (TPSA) is 51.0 Å². The fourth-order valence-corrected chi connectivity index (χ4v) is 2.47. The van der Waals surface area contributed by atoms with Crippen LogP contribution in [0, 0.1) is 0 Å². The van der Waals surface area contributed by atoms with Crippen LogP contribution in [0.15, 0.2) is 4.52 Å². The Morgan fingerprint density at radius 1 is 1.18 bits per heavy atom. The van der Waals surface area contributed by atoms with Crippen LogP contribution in [-0.4, -0.2) is 23.7 Å². The molecule has 1 heterocycles. The summed E-state index contributed by atoms with van der Waals surface area (Å²) in [5.41, 5.74) is 0. The third kappa shape index (κ3) is 3.80. The van der Waals surface area contributed by atoms with E-state index in [1.165, 1.54) is 44.9 Å². The van der Waals surface area contributed by atoms with Gasteiger partial charge in [-0.15, -0.1) is 0 Å². The molecule has 1 saturated carbocycles. The van der Waals surface area contributed by atoms with Crippen LogP contribution in [0.3, 0.4) is 0 Å². The fraction of sp³-hybridized carbons (Fsp3) is 0.846. The van der Waals surface area contributed by atoms with E-state index in [0.29, 0.717) is 5.92 Å². The van der Waals surface area contributed by atoms with Gasteiger partial charge in [0.2, 0.25) is 5.89 Å². The van der Waals surface area contributed by atoms with Crippen LogP contribution in [0.1, 0.15) is 62.6 Å². The van der Waals surface area contributed by atoms with Gasteiger partial charge in [-0.1, -0.05) is 37.3 Å². The van der Waals surface area contributed by atoms with Crippen molar-refractivity contribution >= 4 is 0 Å². The van der Waals surface area contributed by atoms with Crippen molar-refractivity contribution in [3.8, 4) is 0 Å². The molecule has 0 radical (unpaired) electrons. The molecule has 0 aromatic carbocycles. The third-order valence-corrected chi connectivity index (χ3v) is 3.54. The Balaban J connectivity index is 1.92. The second-order valence-electron chi connectivity index (χ2n) is 4.94. The Morgan fingerprint density at radius 3 is 2.59 bits per heavy atom. The number of likely N-dealkylation sites (N-methyl/N-ethyl adjacent to an activating group) is 1. The van der Waals surface area contributed by atoms with E-state index in [0.717, 1.165) is 24.7 Å². The molecule has 0 bridgehead atoms. The van der Waals surface area contributed by atoms with Crippen LogP contribution in [0.25, 0.3) is 0 Å². The predicted molar refractivity (Wildman–Crippen MR) is 67.0 cm³/mol. The molecular weight excluding hydrogens is 214 g/mol. The Kier molecular flexibility index (Phi) is 4.98. The van der Waals surface area contributed by atoms with Crippen molar-refractivity contribution in [2.75, 3.05) is 13.6 Å². The van der Waals surface area contributed by atoms with Gasteiger partial charge < -0.3 is 9.84 Å². The summed E-state index contributed by atoms with van der Waals surface area (Å²) in [5, 5.41) is 7.16. The minimum absolute atomic E-state index is 0.506. The van der Waals surface area contributed by atoms with Gasteiger partial charge in [-0.05, 0) is 19.9 Å². The highest BCUT2D eigenvalue weighted by Crippen LogP contribution is 2.29. The maximum atomic E-state index is 5.41. The number of rotatable bonds is 4. The minimum atomic E-state index is 0.506. The average Bonchev–Trinajstić information content (AvgIpc) is 2.74. The first-order chi connectivity index (χ1) is 8.40. The predicted octanol–water partition coefficient (Wildman–Crippen LogP) is 2.66. The summed E-state index contributed by atoms with van der Waals surface area (Å²) in [4.78, 5) is 4.53. The number of aromatic nitrogens is 2. The number of hydrogen-bond donors (Lipinski definition) is 1. The van der Waals surface area contributed by atoms with Crippen molar-refractivity contribution in [2.45, 2.75) is 57.3 Å². The Morgan fingerprint density at radius 2 is 1.88 bits per heavy atom. The van der Waals surface area contributed by atoms with Crippen LogP contribution in [-0.2, 0) is 6.42 Å². The molecule has 0 aliphatic heterocycles.